The van der Waals surface area contributed by atoms with Gasteiger partial charge in [-0.2, -0.15) is 0 Å². The second-order valence-electron chi connectivity index (χ2n) is 4.51. The molecule has 1 aromatic rings. The molecule has 4 heteroatoms. The van der Waals surface area contributed by atoms with Crippen LogP contribution in [0.1, 0.15) is 25.7 Å². The van der Waals surface area contributed by atoms with Gasteiger partial charge >= 0.3 is 0 Å². The zero-order chi connectivity index (χ0) is 13.7. The van der Waals surface area contributed by atoms with Crippen molar-refractivity contribution >= 4 is 11.5 Å². The van der Waals surface area contributed by atoms with Crippen molar-refractivity contribution in [2.45, 2.75) is 25.7 Å². The Bertz CT molecular complexity index is 494. The minimum absolute atomic E-state index is 0.249. The van der Waals surface area contributed by atoms with Gasteiger partial charge in [0.15, 0.2) is 17.3 Å². The lowest BCUT2D eigenvalue weighted by Gasteiger charge is -2.13. The molecule has 1 aromatic carbocycles. The van der Waals surface area contributed by atoms with E-state index in [1.165, 1.54) is 0 Å². The molecule has 0 amide bonds. The van der Waals surface area contributed by atoms with Crippen LogP contribution in [0.4, 0.5) is 5.69 Å². The molecule has 1 fully saturated rings. The third kappa shape index (κ3) is 3.28. The van der Waals surface area contributed by atoms with Crippen molar-refractivity contribution in [3.8, 4) is 11.5 Å². The standard InChI is InChI=1S/C15H19NO3/c1-18-14-8-7-12(9-15(14)19-2)16-10-11-5-3-4-6-13(11)17/h7-10,16H,3-6H2,1-2H3/b11-10+. The molecule has 102 valence electrons. The summed E-state index contributed by atoms with van der Waals surface area (Å²) >= 11 is 0. The fourth-order valence-corrected chi connectivity index (χ4v) is 2.15. The van der Waals surface area contributed by atoms with Crippen LogP contribution in [0.15, 0.2) is 30.0 Å². The summed E-state index contributed by atoms with van der Waals surface area (Å²) in [5.41, 5.74) is 1.75. The lowest BCUT2D eigenvalue weighted by molar-refractivity contribution is -0.116. The number of carbonyl (C=O) groups is 1. The maximum atomic E-state index is 11.7. The Hall–Kier alpha value is -1.97. The van der Waals surface area contributed by atoms with Gasteiger partial charge in [-0.1, -0.05) is 0 Å². The smallest absolute Gasteiger partial charge is 0.162 e. The monoisotopic (exact) mass is 261 g/mol. The second kappa shape index (κ2) is 6.27. The van der Waals surface area contributed by atoms with Crippen LogP contribution < -0.4 is 14.8 Å². The minimum Gasteiger partial charge on any atom is -0.493 e. The topological polar surface area (TPSA) is 47.6 Å². The van der Waals surface area contributed by atoms with Crippen LogP contribution in [0.5, 0.6) is 11.5 Å². The van der Waals surface area contributed by atoms with Crippen molar-refractivity contribution in [3.05, 3.63) is 30.0 Å². The molecule has 19 heavy (non-hydrogen) atoms. The highest BCUT2D eigenvalue weighted by molar-refractivity contribution is 5.96. The first kappa shape index (κ1) is 13.5. The van der Waals surface area contributed by atoms with Gasteiger partial charge in [0.2, 0.25) is 0 Å². The van der Waals surface area contributed by atoms with E-state index in [4.69, 9.17) is 9.47 Å². The third-order valence-corrected chi connectivity index (χ3v) is 3.25. The van der Waals surface area contributed by atoms with Crippen molar-refractivity contribution in [2.24, 2.45) is 0 Å². The van der Waals surface area contributed by atoms with Crippen molar-refractivity contribution in [2.75, 3.05) is 19.5 Å². The van der Waals surface area contributed by atoms with Crippen LogP contribution in [0.3, 0.4) is 0 Å². The average molecular weight is 261 g/mol. The highest BCUT2D eigenvalue weighted by atomic mass is 16.5. The molecule has 0 bridgehead atoms. The SMILES string of the molecule is COc1ccc(N/C=C2\CCCCC2=O)cc1OC. The first-order valence-corrected chi connectivity index (χ1v) is 6.45. The number of Topliss-reactive ketones (excluding diaryl/α,β-unsaturated/α-hetero) is 1. The lowest BCUT2D eigenvalue weighted by atomic mass is 9.94. The molecule has 0 atom stereocenters. The van der Waals surface area contributed by atoms with E-state index in [1.807, 2.05) is 24.4 Å². The minimum atomic E-state index is 0.249. The molecule has 0 spiro atoms. The quantitative estimate of drug-likeness (QED) is 0.846. The van der Waals surface area contributed by atoms with E-state index >= 15 is 0 Å². The van der Waals surface area contributed by atoms with E-state index in [-0.39, 0.29) is 5.78 Å². The van der Waals surface area contributed by atoms with Crippen LogP contribution in [-0.2, 0) is 4.79 Å². The van der Waals surface area contributed by atoms with Crippen LogP contribution in [0.25, 0.3) is 0 Å². The molecule has 1 saturated carbocycles. The van der Waals surface area contributed by atoms with Crippen LogP contribution in [0, 0.1) is 0 Å². The zero-order valence-corrected chi connectivity index (χ0v) is 11.4. The van der Waals surface area contributed by atoms with E-state index in [1.54, 1.807) is 14.2 Å². The van der Waals surface area contributed by atoms with Crippen molar-refractivity contribution in [3.63, 3.8) is 0 Å². The number of anilines is 1. The van der Waals surface area contributed by atoms with Crippen LogP contribution in [-0.4, -0.2) is 20.0 Å². The second-order valence-corrected chi connectivity index (χ2v) is 4.51. The number of methoxy groups -OCH3 is 2. The Morgan fingerprint density at radius 3 is 2.53 bits per heavy atom. The normalized spacial score (nSPS) is 17.4. The summed E-state index contributed by atoms with van der Waals surface area (Å²) in [6, 6.07) is 5.58. The Kier molecular flexibility index (Phi) is 4.44. The van der Waals surface area contributed by atoms with E-state index in [0.717, 1.165) is 30.5 Å². The van der Waals surface area contributed by atoms with Crippen LogP contribution in [0.2, 0.25) is 0 Å². The van der Waals surface area contributed by atoms with Crippen LogP contribution >= 0.6 is 0 Å². The van der Waals surface area contributed by atoms with E-state index in [9.17, 15) is 4.79 Å². The third-order valence-electron chi connectivity index (χ3n) is 3.25. The number of hydrogen-bond donors (Lipinski definition) is 1. The molecule has 2 rings (SSSR count). The number of allylic oxidation sites excluding steroid dienone is 1. The maximum absolute atomic E-state index is 11.7. The Balaban J connectivity index is 2.10. The molecular formula is C15H19NO3. The van der Waals surface area contributed by atoms with E-state index in [0.29, 0.717) is 17.9 Å². The molecule has 0 radical (unpaired) electrons. The summed E-state index contributed by atoms with van der Waals surface area (Å²) in [4.78, 5) is 11.7. The fourth-order valence-electron chi connectivity index (χ4n) is 2.15. The van der Waals surface area contributed by atoms with Crippen molar-refractivity contribution in [1.82, 2.24) is 0 Å². The van der Waals surface area contributed by atoms with Gasteiger partial charge in [0.25, 0.3) is 0 Å². The molecule has 0 unspecified atom stereocenters. The molecule has 1 aliphatic rings. The first-order valence-electron chi connectivity index (χ1n) is 6.45. The number of ether oxygens (including phenoxy) is 2. The van der Waals surface area contributed by atoms with Gasteiger partial charge in [-0.15, -0.1) is 0 Å². The van der Waals surface area contributed by atoms with E-state index in [2.05, 4.69) is 5.32 Å². The molecule has 0 heterocycles. The summed E-state index contributed by atoms with van der Waals surface area (Å²) in [5, 5.41) is 3.15. The highest BCUT2D eigenvalue weighted by Gasteiger charge is 2.14. The predicted molar refractivity (Wildman–Crippen MR) is 74.7 cm³/mol. The van der Waals surface area contributed by atoms with Crippen molar-refractivity contribution < 1.29 is 14.3 Å². The molecule has 0 saturated heterocycles. The number of nitrogens with one attached hydrogen (secondary N) is 1. The molecule has 4 nitrogen and oxygen atoms in total. The van der Waals surface area contributed by atoms with E-state index < -0.39 is 0 Å². The summed E-state index contributed by atoms with van der Waals surface area (Å²) < 4.78 is 10.4. The Morgan fingerprint density at radius 1 is 1.11 bits per heavy atom. The molecule has 0 aliphatic heterocycles. The van der Waals surface area contributed by atoms with Gasteiger partial charge < -0.3 is 14.8 Å². The maximum Gasteiger partial charge on any atom is 0.162 e. The predicted octanol–water partition coefficient (Wildman–Crippen LogP) is 3.14. The largest absolute Gasteiger partial charge is 0.493 e. The van der Waals surface area contributed by atoms with Gasteiger partial charge in [-0.3, -0.25) is 4.79 Å². The number of benzene rings is 1. The summed E-state index contributed by atoms with van der Waals surface area (Å²) in [6.45, 7) is 0. The number of ketones is 1. The Labute approximate surface area is 113 Å². The number of carbonyl (C=O) groups excluding carboxylic acids is 1. The van der Waals surface area contributed by atoms with Crippen molar-refractivity contribution in [1.29, 1.82) is 0 Å². The van der Waals surface area contributed by atoms with Gasteiger partial charge in [-0.25, -0.2) is 0 Å². The number of rotatable bonds is 4. The number of hydrogen-bond acceptors (Lipinski definition) is 4. The summed E-state index contributed by atoms with van der Waals surface area (Å²) in [6.07, 6.45) is 5.43. The lowest BCUT2D eigenvalue weighted by Crippen LogP contribution is -2.09. The molecular weight excluding hydrogens is 242 g/mol. The average Bonchev–Trinajstić information content (AvgIpc) is 2.46. The van der Waals surface area contributed by atoms with Gasteiger partial charge in [0.1, 0.15) is 0 Å². The molecule has 1 aliphatic carbocycles. The first-order chi connectivity index (χ1) is 9.24. The Morgan fingerprint density at radius 2 is 1.84 bits per heavy atom. The summed E-state index contributed by atoms with van der Waals surface area (Å²) in [7, 11) is 3.21. The fraction of sp³-hybridized carbons (Fsp3) is 0.400. The highest BCUT2D eigenvalue weighted by Crippen LogP contribution is 2.30. The zero-order valence-electron chi connectivity index (χ0n) is 11.4. The summed E-state index contributed by atoms with van der Waals surface area (Å²) in [5.74, 6) is 1.61. The molecule has 1 N–H and O–H groups in total. The van der Waals surface area contributed by atoms with Gasteiger partial charge in [-0.05, 0) is 31.4 Å². The van der Waals surface area contributed by atoms with Gasteiger partial charge in [0.05, 0.1) is 14.2 Å². The molecule has 0 aromatic heterocycles. The van der Waals surface area contributed by atoms with Gasteiger partial charge in [0, 0.05) is 29.9 Å².